The maximum Gasteiger partial charge on any atom is 0.252 e. The zero-order valence-corrected chi connectivity index (χ0v) is 20.3. The van der Waals surface area contributed by atoms with Crippen LogP contribution in [0.15, 0.2) is 42.5 Å². The highest BCUT2D eigenvalue weighted by atomic mass is 16.5. The standard InChI is InChI=1S/C28H35N3O3/c1-17(2)34-21-14-20-11-13-31-25(16-24-22(28(31)33)10-7-12-29-24)26(20)23(15-21)27(32)30-18(3)19-8-5-4-6-9-19/h4-6,8-9,14-15,17-18,22,24-25,29H,7,10-13,16H2,1-3H3,(H,30,32)/t18-,22-,24-,25-/m1/s1. The average molecular weight is 462 g/mol. The predicted molar refractivity (Wildman–Crippen MR) is 132 cm³/mol. The van der Waals surface area contributed by atoms with Crippen LogP contribution in [0.2, 0.25) is 0 Å². The number of fused-ring (bicyclic) bond motifs is 4. The molecule has 0 aliphatic carbocycles. The molecule has 2 amide bonds. The number of nitrogens with zero attached hydrogens (tertiary/aromatic N) is 1. The molecule has 4 atom stereocenters. The van der Waals surface area contributed by atoms with Crippen LogP contribution in [0.1, 0.15) is 79.2 Å². The second kappa shape index (κ2) is 9.41. The van der Waals surface area contributed by atoms with Crippen molar-refractivity contribution in [3.63, 3.8) is 0 Å². The Morgan fingerprint density at radius 2 is 1.97 bits per heavy atom. The monoisotopic (exact) mass is 461 g/mol. The molecular weight excluding hydrogens is 426 g/mol. The fourth-order valence-electron chi connectivity index (χ4n) is 5.92. The van der Waals surface area contributed by atoms with Crippen molar-refractivity contribution in [3.05, 3.63) is 64.7 Å². The van der Waals surface area contributed by atoms with Crippen molar-refractivity contribution in [3.8, 4) is 5.75 Å². The van der Waals surface area contributed by atoms with E-state index >= 15 is 0 Å². The molecule has 0 spiro atoms. The first-order valence-corrected chi connectivity index (χ1v) is 12.7. The number of rotatable bonds is 5. The van der Waals surface area contributed by atoms with Crippen molar-refractivity contribution in [2.24, 2.45) is 5.92 Å². The predicted octanol–water partition coefficient (Wildman–Crippen LogP) is 4.16. The molecule has 2 fully saturated rings. The first-order valence-electron chi connectivity index (χ1n) is 12.7. The fourth-order valence-corrected chi connectivity index (χ4v) is 5.92. The Bertz CT molecular complexity index is 1070. The van der Waals surface area contributed by atoms with Gasteiger partial charge in [-0.05, 0) is 81.8 Å². The molecule has 3 heterocycles. The molecule has 2 N–H and O–H groups in total. The highest BCUT2D eigenvalue weighted by Gasteiger charge is 2.46. The summed E-state index contributed by atoms with van der Waals surface area (Å²) in [4.78, 5) is 29.2. The summed E-state index contributed by atoms with van der Waals surface area (Å²) in [5, 5.41) is 6.78. The number of nitrogens with one attached hydrogen (secondary N) is 2. The molecule has 0 bridgehead atoms. The van der Waals surface area contributed by atoms with E-state index in [1.165, 1.54) is 0 Å². The van der Waals surface area contributed by atoms with Crippen LogP contribution in [-0.4, -0.2) is 41.9 Å². The summed E-state index contributed by atoms with van der Waals surface area (Å²) in [6, 6.07) is 13.9. The largest absolute Gasteiger partial charge is 0.491 e. The zero-order chi connectivity index (χ0) is 23.8. The quantitative estimate of drug-likeness (QED) is 0.701. The number of benzene rings is 2. The van der Waals surface area contributed by atoms with Crippen molar-refractivity contribution in [2.45, 2.75) is 70.7 Å². The zero-order valence-electron chi connectivity index (χ0n) is 20.3. The van der Waals surface area contributed by atoms with Crippen molar-refractivity contribution in [1.29, 1.82) is 0 Å². The second-order valence-corrected chi connectivity index (χ2v) is 10.2. The molecule has 0 saturated carbocycles. The lowest BCUT2D eigenvalue weighted by atomic mass is 9.75. The molecule has 2 aromatic rings. The molecule has 0 radical (unpaired) electrons. The van der Waals surface area contributed by atoms with E-state index in [9.17, 15) is 9.59 Å². The Balaban J connectivity index is 1.52. The van der Waals surface area contributed by atoms with E-state index in [1.54, 1.807) is 0 Å². The van der Waals surface area contributed by atoms with E-state index < -0.39 is 0 Å². The van der Waals surface area contributed by atoms with Gasteiger partial charge >= 0.3 is 0 Å². The first kappa shape index (κ1) is 22.9. The molecule has 3 aliphatic rings. The molecule has 2 aromatic carbocycles. The van der Waals surface area contributed by atoms with Crippen LogP contribution < -0.4 is 15.4 Å². The van der Waals surface area contributed by atoms with Gasteiger partial charge in [0.25, 0.3) is 5.91 Å². The number of piperidine rings is 2. The van der Waals surface area contributed by atoms with Gasteiger partial charge < -0.3 is 20.3 Å². The summed E-state index contributed by atoms with van der Waals surface area (Å²) in [6.07, 6.45) is 3.60. The Morgan fingerprint density at radius 1 is 1.18 bits per heavy atom. The van der Waals surface area contributed by atoms with Gasteiger partial charge in [-0.15, -0.1) is 0 Å². The Morgan fingerprint density at radius 3 is 2.74 bits per heavy atom. The molecule has 3 aliphatic heterocycles. The Labute approximate surface area is 202 Å². The Kier molecular flexibility index (Phi) is 6.34. The third kappa shape index (κ3) is 4.31. The average Bonchev–Trinajstić information content (AvgIpc) is 2.83. The van der Waals surface area contributed by atoms with E-state index in [0.29, 0.717) is 12.1 Å². The number of carbonyl (C=O) groups is 2. The highest BCUT2D eigenvalue weighted by molar-refractivity contribution is 5.97. The van der Waals surface area contributed by atoms with Crippen LogP contribution >= 0.6 is 0 Å². The van der Waals surface area contributed by atoms with Gasteiger partial charge in [0.15, 0.2) is 0 Å². The normalized spacial score (nSPS) is 24.6. The van der Waals surface area contributed by atoms with Crippen LogP contribution in [0.3, 0.4) is 0 Å². The minimum Gasteiger partial charge on any atom is -0.491 e. The first-order chi connectivity index (χ1) is 16.4. The SMILES string of the molecule is CC(C)Oc1cc2c(c(C(=O)N[C@H](C)c3ccccc3)c1)[C@H]1C[C@H]3NCCC[C@H]3C(=O)N1CC2. The highest BCUT2D eigenvalue weighted by Crippen LogP contribution is 2.44. The smallest absolute Gasteiger partial charge is 0.252 e. The van der Waals surface area contributed by atoms with Crippen LogP contribution in [-0.2, 0) is 11.2 Å². The molecule has 34 heavy (non-hydrogen) atoms. The van der Waals surface area contributed by atoms with Crippen LogP contribution in [0.5, 0.6) is 5.75 Å². The van der Waals surface area contributed by atoms with E-state index in [1.807, 2.05) is 62.1 Å². The number of hydrogen-bond donors (Lipinski definition) is 2. The van der Waals surface area contributed by atoms with Gasteiger partial charge in [-0.1, -0.05) is 30.3 Å². The maximum atomic E-state index is 13.7. The minimum atomic E-state index is -0.129. The van der Waals surface area contributed by atoms with Crippen LogP contribution in [0, 0.1) is 5.92 Å². The van der Waals surface area contributed by atoms with E-state index in [0.717, 1.165) is 54.7 Å². The molecule has 6 heteroatoms. The van der Waals surface area contributed by atoms with E-state index in [-0.39, 0.29) is 42.0 Å². The fraction of sp³-hybridized carbons (Fsp3) is 0.500. The third-order valence-corrected chi connectivity index (χ3v) is 7.50. The molecule has 0 unspecified atom stereocenters. The van der Waals surface area contributed by atoms with E-state index in [2.05, 4.69) is 16.7 Å². The summed E-state index contributed by atoms with van der Waals surface area (Å²) in [5.74, 6) is 0.904. The molecule has 0 aromatic heterocycles. The van der Waals surface area contributed by atoms with Crippen molar-refractivity contribution >= 4 is 11.8 Å². The van der Waals surface area contributed by atoms with Crippen molar-refractivity contribution in [2.75, 3.05) is 13.1 Å². The number of hydrogen-bond acceptors (Lipinski definition) is 4. The summed E-state index contributed by atoms with van der Waals surface area (Å²) < 4.78 is 6.03. The summed E-state index contributed by atoms with van der Waals surface area (Å²) in [5.41, 5.74) is 3.81. The summed E-state index contributed by atoms with van der Waals surface area (Å²) >= 11 is 0. The molecule has 6 nitrogen and oxygen atoms in total. The van der Waals surface area contributed by atoms with Gasteiger partial charge in [-0.2, -0.15) is 0 Å². The lowest BCUT2D eigenvalue weighted by molar-refractivity contribution is -0.145. The maximum absolute atomic E-state index is 13.7. The minimum absolute atomic E-state index is 0.0146. The van der Waals surface area contributed by atoms with Gasteiger partial charge in [0, 0.05) is 18.2 Å². The number of ether oxygens (including phenoxy) is 1. The van der Waals surface area contributed by atoms with Crippen molar-refractivity contribution < 1.29 is 14.3 Å². The molecule has 2 saturated heterocycles. The molecule has 5 rings (SSSR count). The van der Waals surface area contributed by atoms with Crippen LogP contribution in [0.4, 0.5) is 0 Å². The third-order valence-electron chi connectivity index (χ3n) is 7.50. The van der Waals surface area contributed by atoms with Crippen LogP contribution in [0.25, 0.3) is 0 Å². The topological polar surface area (TPSA) is 70.7 Å². The van der Waals surface area contributed by atoms with Gasteiger partial charge in [0.1, 0.15) is 5.75 Å². The van der Waals surface area contributed by atoms with Gasteiger partial charge in [-0.3, -0.25) is 9.59 Å². The van der Waals surface area contributed by atoms with Gasteiger partial charge in [0.05, 0.1) is 24.1 Å². The van der Waals surface area contributed by atoms with Gasteiger partial charge in [0.2, 0.25) is 5.91 Å². The van der Waals surface area contributed by atoms with E-state index in [4.69, 9.17) is 4.74 Å². The summed E-state index contributed by atoms with van der Waals surface area (Å²) in [6.45, 7) is 7.64. The second-order valence-electron chi connectivity index (χ2n) is 10.2. The Hall–Kier alpha value is -2.86. The summed E-state index contributed by atoms with van der Waals surface area (Å²) in [7, 11) is 0. The lowest BCUT2D eigenvalue weighted by Gasteiger charge is -2.49. The van der Waals surface area contributed by atoms with Gasteiger partial charge in [-0.25, -0.2) is 0 Å². The van der Waals surface area contributed by atoms with Crippen molar-refractivity contribution in [1.82, 2.24) is 15.5 Å². The molecule has 180 valence electrons. The number of carbonyl (C=O) groups excluding carboxylic acids is 2. The number of amides is 2. The molecular formula is C28H35N3O3. The lowest BCUT2D eigenvalue weighted by Crippen LogP contribution is -2.58.